The largest absolute Gasteiger partial charge is 0.490 e. The summed E-state index contributed by atoms with van der Waals surface area (Å²) in [6.07, 6.45) is 3.82. The topological polar surface area (TPSA) is 9.23 Å². The van der Waals surface area contributed by atoms with E-state index in [1.165, 1.54) is 24.0 Å². The molecule has 0 bridgehead atoms. The second-order valence-electron chi connectivity index (χ2n) is 6.42. The monoisotopic (exact) mass is 338 g/mol. The number of halogens is 1. The predicted octanol–water partition coefficient (Wildman–Crippen LogP) is 5.84. The molecule has 0 N–H and O–H groups in total. The maximum Gasteiger partial charge on any atom is 0.120 e. The Labute approximate surface area is 132 Å². The maximum atomic E-state index is 6.30. The van der Waals surface area contributed by atoms with Crippen molar-refractivity contribution in [1.29, 1.82) is 0 Å². The molecule has 1 nitrogen and oxygen atoms in total. The SMILES string of the molecule is CCC1(CC)C(Br)CC1Oc1ccc(C(C)C)c(C)c1. The minimum Gasteiger partial charge on any atom is -0.490 e. The smallest absolute Gasteiger partial charge is 0.120 e. The van der Waals surface area contributed by atoms with Crippen molar-refractivity contribution in [2.24, 2.45) is 5.41 Å². The van der Waals surface area contributed by atoms with Crippen LogP contribution in [-0.4, -0.2) is 10.9 Å². The first-order valence-electron chi connectivity index (χ1n) is 7.85. The normalized spacial score (nSPS) is 24.6. The maximum absolute atomic E-state index is 6.30. The molecule has 0 heterocycles. The highest BCUT2D eigenvalue weighted by atomic mass is 79.9. The molecule has 2 unspecified atom stereocenters. The molecule has 1 aliphatic carbocycles. The van der Waals surface area contributed by atoms with Crippen molar-refractivity contribution < 1.29 is 4.74 Å². The zero-order chi connectivity index (χ0) is 14.9. The van der Waals surface area contributed by atoms with E-state index in [4.69, 9.17) is 4.74 Å². The fourth-order valence-corrected chi connectivity index (χ4v) is 4.83. The Morgan fingerprint density at radius 2 is 1.95 bits per heavy atom. The van der Waals surface area contributed by atoms with Crippen LogP contribution in [0.5, 0.6) is 5.75 Å². The van der Waals surface area contributed by atoms with Crippen molar-refractivity contribution in [2.75, 3.05) is 0 Å². The van der Waals surface area contributed by atoms with E-state index >= 15 is 0 Å². The van der Waals surface area contributed by atoms with Crippen LogP contribution in [0.2, 0.25) is 0 Å². The molecule has 2 rings (SSSR count). The average Bonchev–Trinajstić information content (AvgIpc) is 2.39. The molecular formula is C18H27BrO. The molecule has 0 radical (unpaired) electrons. The van der Waals surface area contributed by atoms with Crippen molar-refractivity contribution >= 4 is 15.9 Å². The number of ether oxygens (including phenoxy) is 1. The average molecular weight is 339 g/mol. The van der Waals surface area contributed by atoms with E-state index in [1.54, 1.807) is 0 Å². The molecule has 1 aliphatic rings. The molecule has 0 spiro atoms. The molecule has 1 aromatic rings. The van der Waals surface area contributed by atoms with Gasteiger partial charge in [0.1, 0.15) is 11.9 Å². The Morgan fingerprint density at radius 3 is 2.40 bits per heavy atom. The van der Waals surface area contributed by atoms with E-state index < -0.39 is 0 Å². The van der Waals surface area contributed by atoms with Crippen LogP contribution in [-0.2, 0) is 0 Å². The number of hydrogen-bond donors (Lipinski definition) is 0. The van der Waals surface area contributed by atoms with Gasteiger partial charge in [-0.05, 0) is 55.4 Å². The zero-order valence-electron chi connectivity index (χ0n) is 13.4. The standard InChI is InChI=1S/C18H27BrO/c1-6-18(7-2)16(19)11-17(18)20-14-8-9-15(12(3)4)13(5)10-14/h8-10,12,16-17H,6-7,11H2,1-5H3. The highest BCUT2D eigenvalue weighted by Crippen LogP contribution is 2.52. The van der Waals surface area contributed by atoms with Crippen LogP contribution in [0.1, 0.15) is 64.0 Å². The molecule has 2 heteroatoms. The number of hydrogen-bond acceptors (Lipinski definition) is 1. The molecule has 0 saturated heterocycles. The highest BCUT2D eigenvalue weighted by molar-refractivity contribution is 9.09. The zero-order valence-corrected chi connectivity index (χ0v) is 15.0. The van der Waals surface area contributed by atoms with Gasteiger partial charge in [0.25, 0.3) is 0 Å². The summed E-state index contributed by atoms with van der Waals surface area (Å²) in [4.78, 5) is 0.603. The minimum absolute atomic E-state index is 0.310. The summed E-state index contributed by atoms with van der Waals surface area (Å²) < 4.78 is 6.30. The lowest BCUT2D eigenvalue weighted by Gasteiger charge is -2.52. The van der Waals surface area contributed by atoms with Gasteiger partial charge in [-0.3, -0.25) is 0 Å². The highest BCUT2D eigenvalue weighted by Gasteiger charge is 2.53. The number of benzene rings is 1. The Bertz CT molecular complexity index is 462. The second-order valence-corrected chi connectivity index (χ2v) is 7.53. The molecule has 2 atom stereocenters. The number of rotatable bonds is 5. The van der Waals surface area contributed by atoms with Crippen molar-refractivity contribution in [1.82, 2.24) is 0 Å². The molecule has 112 valence electrons. The lowest BCUT2D eigenvalue weighted by Crippen LogP contribution is -2.56. The summed E-state index contributed by atoms with van der Waals surface area (Å²) in [5.41, 5.74) is 3.07. The van der Waals surface area contributed by atoms with Crippen LogP contribution in [0.4, 0.5) is 0 Å². The van der Waals surface area contributed by atoms with Gasteiger partial charge in [0.2, 0.25) is 0 Å². The number of aryl methyl sites for hydroxylation is 1. The third kappa shape index (κ3) is 2.64. The van der Waals surface area contributed by atoms with Crippen molar-refractivity contribution in [3.8, 4) is 5.75 Å². The second kappa shape index (κ2) is 6.09. The third-order valence-corrected chi connectivity index (χ3v) is 6.43. The van der Waals surface area contributed by atoms with Gasteiger partial charge in [0, 0.05) is 10.2 Å². The van der Waals surface area contributed by atoms with E-state index in [0.717, 1.165) is 12.2 Å². The van der Waals surface area contributed by atoms with Crippen molar-refractivity contribution in [3.05, 3.63) is 29.3 Å². The van der Waals surface area contributed by atoms with Crippen LogP contribution in [0, 0.1) is 12.3 Å². The fourth-order valence-electron chi connectivity index (χ4n) is 3.55. The molecule has 0 aromatic heterocycles. The van der Waals surface area contributed by atoms with Gasteiger partial charge in [-0.15, -0.1) is 0 Å². The third-order valence-electron chi connectivity index (χ3n) is 5.14. The van der Waals surface area contributed by atoms with Crippen molar-refractivity contribution in [3.63, 3.8) is 0 Å². The van der Waals surface area contributed by atoms with Gasteiger partial charge >= 0.3 is 0 Å². The quantitative estimate of drug-likeness (QED) is 0.612. The lowest BCUT2D eigenvalue weighted by atomic mass is 9.62. The van der Waals surface area contributed by atoms with Crippen LogP contribution in [0.3, 0.4) is 0 Å². The van der Waals surface area contributed by atoms with Gasteiger partial charge in [0.15, 0.2) is 0 Å². The summed E-state index contributed by atoms with van der Waals surface area (Å²) in [7, 11) is 0. The Balaban J connectivity index is 2.13. The van der Waals surface area contributed by atoms with Crippen LogP contribution >= 0.6 is 15.9 Å². The van der Waals surface area contributed by atoms with Crippen molar-refractivity contribution in [2.45, 2.75) is 70.7 Å². The summed E-state index contributed by atoms with van der Waals surface area (Å²) >= 11 is 3.82. The summed E-state index contributed by atoms with van der Waals surface area (Å²) in [6.45, 7) is 11.2. The Kier molecular flexibility index (Phi) is 4.84. The Morgan fingerprint density at radius 1 is 1.30 bits per heavy atom. The van der Waals surface area contributed by atoms with Gasteiger partial charge in [-0.1, -0.05) is 49.7 Å². The van der Waals surface area contributed by atoms with Gasteiger partial charge in [0.05, 0.1) is 0 Å². The van der Waals surface area contributed by atoms with Gasteiger partial charge in [-0.25, -0.2) is 0 Å². The lowest BCUT2D eigenvalue weighted by molar-refractivity contribution is -0.0411. The first-order chi connectivity index (χ1) is 9.44. The van der Waals surface area contributed by atoms with Gasteiger partial charge in [-0.2, -0.15) is 0 Å². The van der Waals surface area contributed by atoms with Gasteiger partial charge < -0.3 is 4.74 Å². The van der Waals surface area contributed by atoms with E-state index in [9.17, 15) is 0 Å². The summed E-state index contributed by atoms with van der Waals surface area (Å²) in [5, 5.41) is 0. The molecule has 0 amide bonds. The number of alkyl halides is 1. The van der Waals surface area contributed by atoms with E-state index in [-0.39, 0.29) is 0 Å². The van der Waals surface area contributed by atoms with E-state index in [2.05, 4.69) is 68.7 Å². The molecule has 1 fully saturated rings. The summed E-state index contributed by atoms with van der Waals surface area (Å²) in [5.74, 6) is 1.60. The fraction of sp³-hybridized carbons (Fsp3) is 0.667. The minimum atomic E-state index is 0.310. The summed E-state index contributed by atoms with van der Waals surface area (Å²) in [6, 6.07) is 6.56. The van der Waals surface area contributed by atoms with E-state index in [0.29, 0.717) is 22.3 Å². The Hall–Kier alpha value is -0.500. The molecule has 1 saturated carbocycles. The van der Waals surface area contributed by atoms with E-state index in [1.807, 2.05) is 0 Å². The predicted molar refractivity (Wildman–Crippen MR) is 90.0 cm³/mol. The first-order valence-corrected chi connectivity index (χ1v) is 8.77. The molecule has 1 aromatic carbocycles. The molecule has 0 aliphatic heterocycles. The van der Waals surface area contributed by atoms with Crippen LogP contribution in [0.15, 0.2) is 18.2 Å². The van der Waals surface area contributed by atoms with Crippen LogP contribution in [0.25, 0.3) is 0 Å². The van der Waals surface area contributed by atoms with Crippen LogP contribution < -0.4 is 4.74 Å². The molecular weight excluding hydrogens is 312 g/mol. The molecule has 20 heavy (non-hydrogen) atoms. The first kappa shape index (κ1) is 15.9.